The molecule has 0 aromatic heterocycles. The predicted octanol–water partition coefficient (Wildman–Crippen LogP) is 1.91. The molecule has 0 bridgehead atoms. The number of amides is 1. The molecule has 3 nitrogen and oxygen atoms in total. The molecule has 82 valence electrons. The summed E-state index contributed by atoms with van der Waals surface area (Å²) in [6.07, 6.45) is 1.70. The minimum atomic E-state index is 0.0777. The first-order valence-electron chi connectivity index (χ1n) is 5.39. The zero-order chi connectivity index (χ0) is 11.3. The van der Waals surface area contributed by atoms with Crippen LogP contribution >= 0.6 is 0 Å². The second kappa shape index (κ2) is 3.11. The van der Waals surface area contributed by atoms with Gasteiger partial charge in [0.05, 0.1) is 7.11 Å². The maximum atomic E-state index is 11.9. The molecule has 1 aromatic rings. The lowest BCUT2D eigenvalue weighted by Crippen LogP contribution is -2.28. The molecule has 1 aromatic carbocycles. The first-order chi connectivity index (χ1) is 7.70. The van der Waals surface area contributed by atoms with Crippen molar-refractivity contribution >= 4 is 11.6 Å². The van der Waals surface area contributed by atoms with Crippen LogP contribution in [0.3, 0.4) is 0 Å². The molecule has 1 saturated heterocycles. The maximum Gasteiger partial charge on any atom is 0.253 e. The molecule has 0 aliphatic carbocycles. The van der Waals surface area contributed by atoms with E-state index in [0.29, 0.717) is 0 Å². The third-order valence-corrected chi connectivity index (χ3v) is 3.37. The molecule has 0 spiro atoms. The molecule has 16 heavy (non-hydrogen) atoms. The Morgan fingerprint density at radius 1 is 1.44 bits per heavy atom. The minimum absolute atomic E-state index is 0.0777. The van der Waals surface area contributed by atoms with Crippen LogP contribution in [0.25, 0.3) is 0 Å². The van der Waals surface area contributed by atoms with Gasteiger partial charge in [-0.15, -0.1) is 0 Å². The summed E-state index contributed by atoms with van der Waals surface area (Å²) >= 11 is 0. The quantitative estimate of drug-likeness (QED) is 0.670. The van der Waals surface area contributed by atoms with Crippen LogP contribution in [0.1, 0.15) is 12.0 Å². The van der Waals surface area contributed by atoms with Gasteiger partial charge in [-0.3, -0.25) is 4.79 Å². The number of methoxy groups -OCH3 is 1. The highest BCUT2D eigenvalue weighted by Crippen LogP contribution is 2.41. The van der Waals surface area contributed by atoms with Gasteiger partial charge < -0.3 is 9.64 Å². The number of hydrogen-bond donors (Lipinski definition) is 0. The van der Waals surface area contributed by atoms with Crippen molar-refractivity contribution in [3.8, 4) is 5.75 Å². The van der Waals surface area contributed by atoms with Gasteiger partial charge in [0, 0.05) is 17.3 Å². The summed E-state index contributed by atoms with van der Waals surface area (Å²) in [5.74, 6) is 0.931. The number of ether oxygens (including phenoxy) is 1. The smallest absolute Gasteiger partial charge is 0.253 e. The van der Waals surface area contributed by atoms with E-state index >= 15 is 0 Å². The number of fused-ring (bicyclic) bond motifs is 3. The molecule has 0 saturated carbocycles. The molecule has 1 amide bonds. The van der Waals surface area contributed by atoms with Crippen molar-refractivity contribution in [2.75, 3.05) is 12.0 Å². The summed E-state index contributed by atoms with van der Waals surface area (Å²) in [7, 11) is 1.66. The normalized spacial score (nSPS) is 22.3. The van der Waals surface area contributed by atoms with Crippen molar-refractivity contribution in [1.82, 2.24) is 0 Å². The number of carbonyl (C=O) groups is 1. The highest BCUT2D eigenvalue weighted by Gasteiger charge is 2.40. The Kier molecular flexibility index (Phi) is 1.84. The molecule has 0 radical (unpaired) electrons. The zero-order valence-corrected chi connectivity index (χ0v) is 9.19. The van der Waals surface area contributed by atoms with Crippen LogP contribution in [0.4, 0.5) is 5.69 Å². The Bertz CT molecular complexity index is 493. The summed E-state index contributed by atoms with van der Waals surface area (Å²) in [6.45, 7) is 3.81. The molecule has 2 aliphatic rings. The van der Waals surface area contributed by atoms with E-state index < -0.39 is 0 Å². The molecule has 2 aliphatic heterocycles. The molecular formula is C13H13NO2. The lowest BCUT2D eigenvalue weighted by Gasteiger charge is -2.15. The van der Waals surface area contributed by atoms with Crippen LogP contribution in [-0.4, -0.2) is 19.1 Å². The molecule has 1 unspecified atom stereocenters. The third kappa shape index (κ3) is 1.11. The molecule has 3 heteroatoms. The van der Waals surface area contributed by atoms with Crippen molar-refractivity contribution in [2.45, 2.75) is 18.9 Å². The predicted molar refractivity (Wildman–Crippen MR) is 61.7 cm³/mol. The number of benzene rings is 1. The van der Waals surface area contributed by atoms with Gasteiger partial charge in [-0.2, -0.15) is 0 Å². The largest absolute Gasteiger partial charge is 0.497 e. The summed E-state index contributed by atoms with van der Waals surface area (Å²) in [5, 5.41) is 0. The van der Waals surface area contributed by atoms with Crippen molar-refractivity contribution in [3.05, 3.63) is 35.9 Å². The van der Waals surface area contributed by atoms with Crippen LogP contribution < -0.4 is 9.64 Å². The van der Waals surface area contributed by atoms with Crippen molar-refractivity contribution in [3.63, 3.8) is 0 Å². The zero-order valence-electron chi connectivity index (χ0n) is 9.19. The number of carbonyl (C=O) groups excluding carboxylic acids is 1. The summed E-state index contributed by atoms with van der Waals surface area (Å²) in [6, 6.07) is 6.16. The first-order valence-corrected chi connectivity index (χ1v) is 5.39. The van der Waals surface area contributed by atoms with E-state index in [2.05, 4.69) is 6.58 Å². The number of nitrogens with zero attached hydrogens (tertiary/aromatic N) is 1. The molecular weight excluding hydrogens is 202 g/mol. The molecule has 3 rings (SSSR count). The van der Waals surface area contributed by atoms with Crippen LogP contribution in [0.2, 0.25) is 0 Å². The Hall–Kier alpha value is -1.77. The second-order valence-corrected chi connectivity index (χ2v) is 4.34. The average Bonchev–Trinajstić information content (AvgIpc) is 2.76. The minimum Gasteiger partial charge on any atom is -0.497 e. The fourth-order valence-electron chi connectivity index (χ4n) is 2.61. The van der Waals surface area contributed by atoms with E-state index in [9.17, 15) is 4.79 Å². The van der Waals surface area contributed by atoms with Gasteiger partial charge in [0.1, 0.15) is 5.75 Å². The van der Waals surface area contributed by atoms with Crippen molar-refractivity contribution in [2.24, 2.45) is 0 Å². The highest BCUT2D eigenvalue weighted by molar-refractivity contribution is 6.09. The fraction of sp³-hybridized carbons (Fsp3) is 0.308. The van der Waals surface area contributed by atoms with E-state index in [1.165, 1.54) is 5.56 Å². The summed E-state index contributed by atoms with van der Waals surface area (Å²) in [4.78, 5) is 13.8. The molecule has 0 N–H and O–H groups in total. The van der Waals surface area contributed by atoms with Gasteiger partial charge in [0.2, 0.25) is 0 Å². The third-order valence-electron chi connectivity index (χ3n) is 3.37. The molecule has 1 atom stereocenters. The van der Waals surface area contributed by atoms with Crippen LogP contribution in [-0.2, 0) is 11.2 Å². The SMILES string of the molecule is C=C1CC2Cc3cc(OC)ccc3N2C1=O. The van der Waals surface area contributed by atoms with Gasteiger partial charge >= 0.3 is 0 Å². The van der Waals surface area contributed by atoms with Crippen LogP contribution in [0.5, 0.6) is 5.75 Å². The topological polar surface area (TPSA) is 29.5 Å². The monoisotopic (exact) mass is 215 g/mol. The maximum absolute atomic E-state index is 11.9. The van der Waals surface area contributed by atoms with Crippen LogP contribution in [0.15, 0.2) is 30.4 Å². The van der Waals surface area contributed by atoms with Gasteiger partial charge in [0.25, 0.3) is 5.91 Å². The Morgan fingerprint density at radius 3 is 3.00 bits per heavy atom. The fourth-order valence-corrected chi connectivity index (χ4v) is 2.61. The Morgan fingerprint density at radius 2 is 2.25 bits per heavy atom. The molecule has 1 fully saturated rings. The van der Waals surface area contributed by atoms with Crippen molar-refractivity contribution < 1.29 is 9.53 Å². The van der Waals surface area contributed by atoms with E-state index in [-0.39, 0.29) is 11.9 Å². The van der Waals surface area contributed by atoms with E-state index in [1.807, 2.05) is 23.1 Å². The standard InChI is InChI=1S/C13H13NO2/c1-8-5-10-6-9-7-11(16-2)3-4-12(9)14(10)13(8)15/h3-4,7,10H,1,5-6H2,2H3. The number of anilines is 1. The Labute approximate surface area is 94.3 Å². The second-order valence-electron chi connectivity index (χ2n) is 4.34. The first kappa shape index (κ1) is 9.46. The van der Waals surface area contributed by atoms with Gasteiger partial charge in [-0.05, 0) is 36.6 Å². The van der Waals surface area contributed by atoms with E-state index in [1.54, 1.807) is 7.11 Å². The van der Waals surface area contributed by atoms with E-state index in [0.717, 1.165) is 29.9 Å². The lowest BCUT2D eigenvalue weighted by atomic mass is 10.1. The summed E-state index contributed by atoms with van der Waals surface area (Å²) < 4.78 is 5.19. The van der Waals surface area contributed by atoms with Crippen LogP contribution in [0, 0.1) is 0 Å². The van der Waals surface area contributed by atoms with Gasteiger partial charge in [0.15, 0.2) is 0 Å². The molecule has 2 heterocycles. The lowest BCUT2D eigenvalue weighted by molar-refractivity contribution is -0.114. The van der Waals surface area contributed by atoms with Crippen molar-refractivity contribution in [1.29, 1.82) is 0 Å². The summed E-state index contributed by atoms with van der Waals surface area (Å²) in [5.41, 5.74) is 2.95. The average molecular weight is 215 g/mol. The Balaban J connectivity index is 2.06. The van der Waals surface area contributed by atoms with Gasteiger partial charge in [-0.1, -0.05) is 6.58 Å². The van der Waals surface area contributed by atoms with Gasteiger partial charge in [-0.25, -0.2) is 0 Å². The number of hydrogen-bond acceptors (Lipinski definition) is 2. The highest BCUT2D eigenvalue weighted by atomic mass is 16.5. The van der Waals surface area contributed by atoms with E-state index in [4.69, 9.17) is 4.74 Å². The number of rotatable bonds is 1.